The van der Waals surface area contributed by atoms with Crippen molar-refractivity contribution in [1.29, 1.82) is 0 Å². The Hall–Kier alpha value is -1.66. The highest BCUT2D eigenvalue weighted by atomic mass is 32.2. The second-order valence-electron chi connectivity index (χ2n) is 4.56. The van der Waals surface area contributed by atoms with Crippen LogP contribution in [0, 0.1) is 0 Å². The number of aromatic nitrogens is 2. The molecule has 1 aromatic carbocycles. The number of aliphatic hydroxyl groups excluding tert-OH is 1. The maximum absolute atomic E-state index is 9.14. The molecule has 106 valence electrons. The highest BCUT2D eigenvalue weighted by Gasteiger charge is 2.21. The molecule has 0 saturated carbocycles. The molecule has 3 rings (SSSR count). The maximum Gasteiger partial charge on any atom is 0.168 e. The molecule has 1 unspecified atom stereocenters. The number of hydrogen-bond donors (Lipinski definition) is 1. The van der Waals surface area contributed by atoms with Crippen LogP contribution in [-0.2, 0) is 13.7 Å². The van der Waals surface area contributed by atoms with E-state index in [1.807, 2.05) is 35.9 Å². The van der Waals surface area contributed by atoms with Gasteiger partial charge in [0.1, 0.15) is 12.7 Å². The van der Waals surface area contributed by atoms with Crippen LogP contribution >= 0.6 is 11.8 Å². The van der Waals surface area contributed by atoms with Gasteiger partial charge in [0.15, 0.2) is 16.7 Å². The summed E-state index contributed by atoms with van der Waals surface area (Å²) in [5, 5.41) is 10.0. The van der Waals surface area contributed by atoms with Crippen LogP contribution in [0.1, 0.15) is 5.69 Å². The molecule has 0 bridgehead atoms. The standard InChI is InChI=1S/C14H16N2O3S/c1-16-10(7-17)6-15-14(16)20-9-11-8-18-12-4-2-3-5-13(12)19-11/h2-6,11,17H,7-9H2,1H3. The SMILES string of the molecule is Cn1c(CO)cnc1SCC1COc2ccccc2O1. The first-order valence-corrected chi connectivity index (χ1v) is 7.39. The number of para-hydroxylation sites is 2. The summed E-state index contributed by atoms with van der Waals surface area (Å²) in [6, 6.07) is 7.69. The zero-order valence-corrected chi connectivity index (χ0v) is 12.0. The first-order valence-electron chi connectivity index (χ1n) is 6.40. The third-order valence-electron chi connectivity index (χ3n) is 3.17. The summed E-state index contributed by atoms with van der Waals surface area (Å²) in [6.45, 7) is 0.543. The molecule has 5 nitrogen and oxygen atoms in total. The number of thioether (sulfide) groups is 1. The fourth-order valence-electron chi connectivity index (χ4n) is 2.02. The van der Waals surface area contributed by atoms with Crippen molar-refractivity contribution >= 4 is 11.8 Å². The Morgan fingerprint density at radius 2 is 2.20 bits per heavy atom. The van der Waals surface area contributed by atoms with E-state index in [0.717, 1.165) is 28.1 Å². The minimum atomic E-state index is 0.000471. The lowest BCUT2D eigenvalue weighted by atomic mass is 10.3. The lowest BCUT2D eigenvalue weighted by Crippen LogP contribution is -2.31. The van der Waals surface area contributed by atoms with E-state index in [4.69, 9.17) is 14.6 Å². The molecule has 0 fully saturated rings. The Bertz CT molecular complexity index is 600. The first kappa shape index (κ1) is 13.3. The van der Waals surface area contributed by atoms with Crippen LogP contribution in [0.3, 0.4) is 0 Å². The smallest absolute Gasteiger partial charge is 0.168 e. The van der Waals surface area contributed by atoms with Crippen molar-refractivity contribution in [3.63, 3.8) is 0 Å². The van der Waals surface area contributed by atoms with E-state index in [1.165, 1.54) is 0 Å². The second-order valence-corrected chi connectivity index (χ2v) is 5.55. The fraction of sp³-hybridized carbons (Fsp3) is 0.357. The summed E-state index contributed by atoms with van der Waals surface area (Å²) >= 11 is 1.60. The number of rotatable bonds is 4. The molecule has 1 atom stereocenters. The zero-order valence-electron chi connectivity index (χ0n) is 11.2. The van der Waals surface area contributed by atoms with E-state index in [1.54, 1.807) is 18.0 Å². The van der Waals surface area contributed by atoms with Gasteiger partial charge in [-0.05, 0) is 12.1 Å². The van der Waals surface area contributed by atoms with Gasteiger partial charge in [0.2, 0.25) is 0 Å². The molecule has 20 heavy (non-hydrogen) atoms. The van der Waals surface area contributed by atoms with E-state index < -0.39 is 0 Å². The summed E-state index contributed by atoms with van der Waals surface area (Å²) in [5.74, 6) is 2.35. The van der Waals surface area contributed by atoms with E-state index >= 15 is 0 Å². The lowest BCUT2D eigenvalue weighted by molar-refractivity contribution is 0.107. The number of aliphatic hydroxyl groups is 1. The topological polar surface area (TPSA) is 56.5 Å². The van der Waals surface area contributed by atoms with Gasteiger partial charge in [0.05, 0.1) is 18.5 Å². The molecule has 1 aliphatic rings. The third kappa shape index (κ3) is 2.62. The Balaban J connectivity index is 1.61. The third-order valence-corrected chi connectivity index (χ3v) is 4.35. The van der Waals surface area contributed by atoms with Crippen molar-refractivity contribution in [2.75, 3.05) is 12.4 Å². The fourth-order valence-corrected chi connectivity index (χ4v) is 2.96. The quantitative estimate of drug-likeness (QED) is 0.872. The average molecular weight is 292 g/mol. The minimum Gasteiger partial charge on any atom is -0.486 e. The van der Waals surface area contributed by atoms with Gasteiger partial charge >= 0.3 is 0 Å². The number of benzene rings is 1. The molecule has 0 radical (unpaired) electrons. The molecular formula is C14H16N2O3S. The van der Waals surface area contributed by atoms with Crippen LogP contribution < -0.4 is 9.47 Å². The van der Waals surface area contributed by atoms with Gasteiger partial charge in [-0.25, -0.2) is 4.98 Å². The normalized spacial score (nSPS) is 17.2. The van der Waals surface area contributed by atoms with Gasteiger partial charge < -0.3 is 19.1 Å². The van der Waals surface area contributed by atoms with Crippen LogP contribution in [0.15, 0.2) is 35.6 Å². The summed E-state index contributed by atoms with van der Waals surface area (Å²) < 4.78 is 13.5. The van der Waals surface area contributed by atoms with Crippen molar-refractivity contribution < 1.29 is 14.6 Å². The Morgan fingerprint density at radius 3 is 2.95 bits per heavy atom. The van der Waals surface area contributed by atoms with E-state index in [9.17, 15) is 0 Å². The molecule has 1 N–H and O–H groups in total. The van der Waals surface area contributed by atoms with Gasteiger partial charge in [-0.2, -0.15) is 0 Å². The lowest BCUT2D eigenvalue weighted by Gasteiger charge is -2.26. The number of nitrogens with zero attached hydrogens (tertiary/aromatic N) is 2. The molecule has 0 amide bonds. The molecule has 2 heterocycles. The zero-order chi connectivity index (χ0) is 13.9. The van der Waals surface area contributed by atoms with Crippen LogP contribution in [0.4, 0.5) is 0 Å². The van der Waals surface area contributed by atoms with Gasteiger partial charge in [-0.3, -0.25) is 0 Å². The van der Waals surface area contributed by atoms with Crippen molar-refractivity contribution in [1.82, 2.24) is 9.55 Å². The number of hydrogen-bond acceptors (Lipinski definition) is 5. The molecule has 2 aromatic rings. The molecule has 0 saturated heterocycles. The Labute approximate surface area is 121 Å². The van der Waals surface area contributed by atoms with Gasteiger partial charge in [-0.15, -0.1) is 0 Å². The summed E-state index contributed by atoms with van der Waals surface area (Å²) in [4.78, 5) is 4.28. The molecule has 1 aliphatic heterocycles. The van der Waals surface area contributed by atoms with Crippen molar-refractivity contribution in [2.24, 2.45) is 7.05 Å². The monoisotopic (exact) mass is 292 g/mol. The molecular weight excluding hydrogens is 276 g/mol. The van der Waals surface area contributed by atoms with Crippen molar-refractivity contribution in [3.8, 4) is 11.5 Å². The largest absolute Gasteiger partial charge is 0.486 e. The number of ether oxygens (including phenoxy) is 2. The van der Waals surface area contributed by atoms with Crippen LogP contribution in [0.5, 0.6) is 11.5 Å². The highest BCUT2D eigenvalue weighted by molar-refractivity contribution is 7.99. The maximum atomic E-state index is 9.14. The van der Waals surface area contributed by atoms with Crippen LogP contribution in [0.25, 0.3) is 0 Å². The van der Waals surface area contributed by atoms with Crippen LogP contribution in [-0.4, -0.2) is 33.1 Å². The molecule has 6 heteroatoms. The predicted molar refractivity (Wildman–Crippen MR) is 76.2 cm³/mol. The van der Waals surface area contributed by atoms with Crippen molar-refractivity contribution in [2.45, 2.75) is 17.9 Å². The van der Waals surface area contributed by atoms with Gasteiger partial charge in [0, 0.05) is 12.8 Å². The average Bonchev–Trinajstić information content (AvgIpc) is 2.85. The molecule has 0 spiro atoms. The summed E-state index contributed by atoms with van der Waals surface area (Å²) in [5.41, 5.74) is 0.804. The van der Waals surface area contributed by atoms with E-state index in [-0.39, 0.29) is 12.7 Å². The van der Waals surface area contributed by atoms with E-state index in [2.05, 4.69) is 4.98 Å². The highest BCUT2D eigenvalue weighted by Crippen LogP contribution is 2.32. The summed E-state index contributed by atoms with van der Waals surface area (Å²) in [7, 11) is 1.90. The number of fused-ring (bicyclic) bond motifs is 1. The van der Waals surface area contributed by atoms with Crippen molar-refractivity contribution in [3.05, 3.63) is 36.2 Å². The first-order chi connectivity index (χ1) is 9.78. The minimum absolute atomic E-state index is 0.000471. The number of imidazole rings is 1. The second kappa shape index (κ2) is 5.76. The summed E-state index contributed by atoms with van der Waals surface area (Å²) in [6.07, 6.45) is 1.69. The van der Waals surface area contributed by atoms with Gasteiger partial charge in [-0.1, -0.05) is 23.9 Å². The molecule has 1 aromatic heterocycles. The Kier molecular flexibility index (Phi) is 3.84. The van der Waals surface area contributed by atoms with Gasteiger partial charge in [0.25, 0.3) is 0 Å². The molecule has 0 aliphatic carbocycles. The van der Waals surface area contributed by atoms with E-state index in [0.29, 0.717) is 6.61 Å². The Morgan fingerprint density at radius 1 is 1.40 bits per heavy atom. The predicted octanol–water partition coefficient (Wildman–Crippen LogP) is 1.84. The van der Waals surface area contributed by atoms with Crippen LogP contribution in [0.2, 0.25) is 0 Å².